The van der Waals surface area contributed by atoms with Gasteiger partial charge in [-0.15, -0.1) is 0 Å². The minimum Gasteiger partial charge on any atom is -0.308 e. The molecule has 1 aliphatic heterocycles. The third kappa shape index (κ3) is 4.18. The number of piperazine rings is 1. The van der Waals surface area contributed by atoms with Crippen molar-refractivity contribution in [2.75, 3.05) is 31.1 Å². The lowest BCUT2D eigenvalue weighted by atomic mass is 9.79. The van der Waals surface area contributed by atoms with Crippen molar-refractivity contribution in [3.63, 3.8) is 0 Å². The standard InChI is InChI=1S/C15H30N2O2S/c1-3-20(18,19)11-7-10-17-13-15(16-12-14(17)2)8-5-4-6-9-15/h14,16H,3-13H2,1-2H3. The molecule has 1 atom stereocenters. The Balaban J connectivity index is 1.86. The molecule has 20 heavy (non-hydrogen) atoms. The quantitative estimate of drug-likeness (QED) is 0.841. The van der Waals surface area contributed by atoms with Crippen molar-refractivity contribution >= 4 is 9.84 Å². The molecule has 1 aliphatic carbocycles. The van der Waals surface area contributed by atoms with Gasteiger partial charge in [-0.25, -0.2) is 8.42 Å². The molecule has 1 saturated carbocycles. The number of rotatable bonds is 5. The number of hydrogen-bond donors (Lipinski definition) is 1. The van der Waals surface area contributed by atoms with Crippen molar-refractivity contribution in [1.82, 2.24) is 10.2 Å². The van der Waals surface area contributed by atoms with Crippen LogP contribution in [0.5, 0.6) is 0 Å². The Labute approximate surface area is 124 Å². The van der Waals surface area contributed by atoms with E-state index in [4.69, 9.17) is 0 Å². The van der Waals surface area contributed by atoms with Gasteiger partial charge in [0.15, 0.2) is 0 Å². The van der Waals surface area contributed by atoms with Gasteiger partial charge in [0.05, 0.1) is 5.75 Å². The largest absolute Gasteiger partial charge is 0.308 e. The van der Waals surface area contributed by atoms with E-state index in [1.54, 1.807) is 6.92 Å². The van der Waals surface area contributed by atoms with Gasteiger partial charge in [0.2, 0.25) is 0 Å². The van der Waals surface area contributed by atoms with Crippen LogP contribution in [0.1, 0.15) is 52.4 Å². The Morgan fingerprint density at radius 3 is 2.60 bits per heavy atom. The number of nitrogens with zero attached hydrogens (tertiary/aromatic N) is 1. The topological polar surface area (TPSA) is 49.4 Å². The molecule has 0 radical (unpaired) electrons. The van der Waals surface area contributed by atoms with Crippen molar-refractivity contribution in [3.05, 3.63) is 0 Å². The highest BCUT2D eigenvalue weighted by molar-refractivity contribution is 7.91. The maximum absolute atomic E-state index is 11.6. The summed E-state index contributed by atoms with van der Waals surface area (Å²) in [6.45, 7) is 7.04. The van der Waals surface area contributed by atoms with Crippen LogP contribution in [0.15, 0.2) is 0 Å². The smallest absolute Gasteiger partial charge is 0.150 e. The second-order valence-corrected chi connectivity index (χ2v) is 9.10. The highest BCUT2D eigenvalue weighted by Gasteiger charge is 2.38. The summed E-state index contributed by atoms with van der Waals surface area (Å²) in [6.07, 6.45) is 7.37. The first-order valence-electron chi connectivity index (χ1n) is 8.16. The van der Waals surface area contributed by atoms with E-state index in [0.29, 0.717) is 17.3 Å². The average Bonchev–Trinajstić information content (AvgIpc) is 2.44. The molecule has 2 fully saturated rings. The van der Waals surface area contributed by atoms with E-state index in [1.165, 1.54) is 32.1 Å². The molecular weight excluding hydrogens is 272 g/mol. The van der Waals surface area contributed by atoms with E-state index in [-0.39, 0.29) is 5.75 Å². The first-order chi connectivity index (χ1) is 9.46. The maximum Gasteiger partial charge on any atom is 0.150 e. The van der Waals surface area contributed by atoms with Crippen LogP contribution in [0, 0.1) is 0 Å². The van der Waals surface area contributed by atoms with Gasteiger partial charge < -0.3 is 5.32 Å². The molecule has 0 aromatic rings. The highest BCUT2D eigenvalue weighted by atomic mass is 32.2. The Morgan fingerprint density at radius 2 is 1.95 bits per heavy atom. The molecular formula is C15H30N2O2S. The Kier molecular flexibility index (Phi) is 5.49. The fourth-order valence-corrected chi connectivity index (χ4v) is 4.45. The monoisotopic (exact) mass is 302 g/mol. The zero-order valence-electron chi connectivity index (χ0n) is 13.0. The zero-order chi connectivity index (χ0) is 14.6. The molecule has 0 amide bonds. The summed E-state index contributed by atoms with van der Waals surface area (Å²) in [5, 5.41) is 3.77. The lowest BCUT2D eigenvalue weighted by Gasteiger charge is -2.49. The fraction of sp³-hybridized carbons (Fsp3) is 1.00. The fourth-order valence-electron chi connectivity index (χ4n) is 3.59. The van der Waals surface area contributed by atoms with Crippen molar-refractivity contribution in [2.24, 2.45) is 0 Å². The van der Waals surface area contributed by atoms with Crippen LogP contribution in [-0.4, -0.2) is 56.0 Å². The Bertz CT molecular complexity index is 402. The molecule has 1 spiro atoms. The summed E-state index contributed by atoms with van der Waals surface area (Å²) in [7, 11) is -2.81. The van der Waals surface area contributed by atoms with Crippen molar-refractivity contribution < 1.29 is 8.42 Å². The minimum atomic E-state index is -2.81. The van der Waals surface area contributed by atoms with Crippen LogP contribution >= 0.6 is 0 Å². The van der Waals surface area contributed by atoms with E-state index in [1.807, 2.05) is 0 Å². The van der Waals surface area contributed by atoms with E-state index in [2.05, 4.69) is 17.1 Å². The predicted octanol–water partition coefficient (Wildman–Crippen LogP) is 1.81. The van der Waals surface area contributed by atoms with E-state index in [9.17, 15) is 8.42 Å². The van der Waals surface area contributed by atoms with E-state index < -0.39 is 9.84 Å². The normalized spacial score (nSPS) is 27.8. The predicted molar refractivity (Wildman–Crippen MR) is 83.8 cm³/mol. The van der Waals surface area contributed by atoms with Crippen LogP contribution in [-0.2, 0) is 9.84 Å². The van der Waals surface area contributed by atoms with Gasteiger partial charge in [0, 0.05) is 30.4 Å². The van der Waals surface area contributed by atoms with Crippen molar-refractivity contribution in [2.45, 2.75) is 64.0 Å². The van der Waals surface area contributed by atoms with Crippen LogP contribution in [0.4, 0.5) is 0 Å². The van der Waals surface area contributed by atoms with E-state index in [0.717, 1.165) is 26.1 Å². The van der Waals surface area contributed by atoms with Crippen LogP contribution in [0.25, 0.3) is 0 Å². The lowest BCUT2D eigenvalue weighted by Crippen LogP contribution is -2.64. The third-order valence-corrected chi connectivity index (χ3v) is 6.84. The maximum atomic E-state index is 11.6. The SMILES string of the molecule is CCS(=O)(=O)CCCN1CC2(CCCCC2)NCC1C. The second-order valence-electron chi connectivity index (χ2n) is 6.63. The molecule has 1 saturated heterocycles. The van der Waals surface area contributed by atoms with Gasteiger partial charge >= 0.3 is 0 Å². The van der Waals surface area contributed by atoms with Gasteiger partial charge in [-0.2, -0.15) is 0 Å². The molecule has 1 N–H and O–H groups in total. The number of sulfone groups is 1. The van der Waals surface area contributed by atoms with Crippen molar-refractivity contribution in [3.8, 4) is 0 Å². The Hall–Kier alpha value is -0.130. The summed E-state index contributed by atoms with van der Waals surface area (Å²) in [6, 6.07) is 0.520. The molecule has 118 valence electrons. The highest BCUT2D eigenvalue weighted by Crippen LogP contribution is 2.31. The summed E-state index contributed by atoms with van der Waals surface area (Å²) < 4.78 is 23.2. The molecule has 2 rings (SSSR count). The van der Waals surface area contributed by atoms with E-state index >= 15 is 0 Å². The average molecular weight is 302 g/mol. The molecule has 5 heteroatoms. The van der Waals surface area contributed by atoms with Crippen LogP contribution in [0.3, 0.4) is 0 Å². The minimum absolute atomic E-state index is 0.272. The van der Waals surface area contributed by atoms with Gasteiger partial charge in [-0.05, 0) is 32.7 Å². The van der Waals surface area contributed by atoms with Gasteiger partial charge in [-0.1, -0.05) is 26.2 Å². The molecule has 2 aliphatic rings. The zero-order valence-corrected chi connectivity index (χ0v) is 13.8. The molecule has 0 aromatic heterocycles. The van der Waals surface area contributed by atoms with Gasteiger partial charge in [-0.3, -0.25) is 4.90 Å². The van der Waals surface area contributed by atoms with Gasteiger partial charge in [0.25, 0.3) is 0 Å². The second kappa shape index (κ2) is 6.75. The first kappa shape index (κ1) is 16.2. The van der Waals surface area contributed by atoms with Crippen LogP contribution in [0.2, 0.25) is 0 Å². The summed E-state index contributed by atoms with van der Waals surface area (Å²) in [5.74, 6) is 0.612. The number of hydrogen-bond acceptors (Lipinski definition) is 4. The van der Waals surface area contributed by atoms with Gasteiger partial charge in [0.1, 0.15) is 9.84 Å². The first-order valence-corrected chi connectivity index (χ1v) is 9.98. The van der Waals surface area contributed by atoms with Crippen LogP contribution < -0.4 is 5.32 Å². The molecule has 0 bridgehead atoms. The molecule has 1 heterocycles. The molecule has 0 aromatic carbocycles. The summed E-state index contributed by atoms with van der Waals surface area (Å²) in [5.41, 5.74) is 0.314. The molecule has 4 nitrogen and oxygen atoms in total. The third-order valence-electron chi connectivity index (χ3n) is 5.05. The van der Waals surface area contributed by atoms with Crippen molar-refractivity contribution in [1.29, 1.82) is 0 Å². The lowest BCUT2D eigenvalue weighted by molar-refractivity contribution is 0.0631. The number of nitrogens with one attached hydrogen (secondary N) is 1. The summed E-state index contributed by atoms with van der Waals surface area (Å²) in [4.78, 5) is 2.51. The molecule has 1 unspecified atom stereocenters. The Morgan fingerprint density at radius 1 is 1.25 bits per heavy atom. The summed E-state index contributed by atoms with van der Waals surface area (Å²) >= 11 is 0.